The standard InChI is InChI=1S/C20H22ClN3O4S/c1-13-9-15-10-18(7-8-19(15)24(13)14(2)25)29(27,28)23(3)12-20(26)22-17-6-4-5-16(21)11-17/h4-8,10-11,13H,9,12H2,1-3H3,(H,22,26)/t13-/m0/s1. The lowest BCUT2D eigenvalue weighted by Gasteiger charge is -2.21. The van der Waals surface area contributed by atoms with Crippen LogP contribution in [0.15, 0.2) is 47.4 Å². The average molecular weight is 436 g/mol. The number of benzene rings is 2. The zero-order valence-electron chi connectivity index (χ0n) is 16.3. The number of amides is 2. The Kier molecular flexibility index (Phi) is 5.97. The van der Waals surface area contributed by atoms with Crippen molar-refractivity contribution in [2.75, 3.05) is 23.8 Å². The Balaban J connectivity index is 1.76. The molecule has 2 amide bonds. The fraction of sp³-hybridized carbons (Fsp3) is 0.300. The molecule has 0 unspecified atom stereocenters. The summed E-state index contributed by atoms with van der Waals surface area (Å²) >= 11 is 5.89. The molecule has 1 N–H and O–H groups in total. The predicted molar refractivity (Wildman–Crippen MR) is 113 cm³/mol. The Morgan fingerprint density at radius 1 is 1.24 bits per heavy atom. The number of sulfonamides is 1. The molecule has 9 heteroatoms. The smallest absolute Gasteiger partial charge is 0.243 e. The van der Waals surface area contributed by atoms with Crippen LogP contribution in [-0.2, 0) is 26.0 Å². The average Bonchev–Trinajstić information content (AvgIpc) is 2.96. The summed E-state index contributed by atoms with van der Waals surface area (Å²) in [5, 5.41) is 3.10. The summed E-state index contributed by atoms with van der Waals surface area (Å²) < 4.78 is 26.8. The van der Waals surface area contributed by atoms with Gasteiger partial charge in [-0.3, -0.25) is 9.59 Å². The summed E-state index contributed by atoms with van der Waals surface area (Å²) in [6, 6.07) is 11.3. The van der Waals surface area contributed by atoms with Gasteiger partial charge in [0.1, 0.15) is 0 Å². The maximum absolute atomic E-state index is 12.9. The van der Waals surface area contributed by atoms with E-state index in [0.29, 0.717) is 17.1 Å². The van der Waals surface area contributed by atoms with Gasteiger partial charge in [-0.15, -0.1) is 0 Å². The van der Waals surface area contributed by atoms with Crippen molar-refractivity contribution in [3.8, 4) is 0 Å². The van der Waals surface area contributed by atoms with Gasteiger partial charge < -0.3 is 10.2 Å². The number of likely N-dealkylation sites (N-methyl/N-ethyl adjacent to an activating group) is 1. The first-order chi connectivity index (χ1) is 13.6. The van der Waals surface area contributed by atoms with E-state index < -0.39 is 15.9 Å². The Hall–Kier alpha value is -2.42. The molecule has 0 saturated heterocycles. The lowest BCUT2D eigenvalue weighted by Crippen LogP contribution is -2.35. The molecule has 0 spiro atoms. The normalized spacial score (nSPS) is 16.0. The highest BCUT2D eigenvalue weighted by Gasteiger charge is 2.31. The van der Waals surface area contributed by atoms with E-state index in [1.807, 2.05) is 6.92 Å². The molecule has 3 rings (SSSR count). The first-order valence-corrected chi connectivity index (χ1v) is 10.9. The van der Waals surface area contributed by atoms with Crippen LogP contribution in [0.5, 0.6) is 0 Å². The molecule has 1 heterocycles. The second-order valence-corrected chi connectivity index (χ2v) is 9.53. The molecule has 0 fully saturated rings. The molecule has 0 radical (unpaired) electrons. The molecule has 1 aliphatic rings. The summed E-state index contributed by atoms with van der Waals surface area (Å²) in [4.78, 5) is 25.9. The van der Waals surface area contributed by atoms with Crippen LogP contribution in [0.3, 0.4) is 0 Å². The maximum Gasteiger partial charge on any atom is 0.243 e. The van der Waals surface area contributed by atoms with Crippen molar-refractivity contribution in [1.29, 1.82) is 0 Å². The summed E-state index contributed by atoms with van der Waals surface area (Å²) in [5.41, 5.74) is 2.01. The number of nitrogens with one attached hydrogen (secondary N) is 1. The molecule has 0 aliphatic carbocycles. The second-order valence-electron chi connectivity index (χ2n) is 7.05. The summed E-state index contributed by atoms with van der Waals surface area (Å²) in [5.74, 6) is -0.558. The fourth-order valence-corrected chi connectivity index (χ4v) is 4.85. The van der Waals surface area contributed by atoms with E-state index in [9.17, 15) is 18.0 Å². The van der Waals surface area contributed by atoms with E-state index in [4.69, 9.17) is 11.6 Å². The maximum atomic E-state index is 12.9. The van der Waals surface area contributed by atoms with Gasteiger partial charge in [0.2, 0.25) is 21.8 Å². The summed E-state index contributed by atoms with van der Waals surface area (Å²) in [7, 11) is -2.52. The van der Waals surface area contributed by atoms with Gasteiger partial charge in [0, 0.05) is 36.4 Å². The van der Waals surface area contributed by atoms with Gasteiger partial charge in [0.15, 0.2) is 0 Å². The molecular weight excluding hydrogens is 414 g/mol. The molecule has 0 bridgehead atoms. The zero-order chi connectivity index (χ0) is 21.3. The number of fused-ring (bicyclic) bond motifs is 1. The fourth-order valence-electron chi connectivity index (χ4n) is 3.48. The van der Waals surface area contributed by atoms with E-state index in [0.717, 1.165) is 15.6 Å². The topological polar surface area (TPSA) is 86.8 Å². The van der Waals surface area contributed by atoms with Gasteiger partial charge in [0.25, 0.3) is 0 Å². The number of nitrogens with zero attached hydrogens (tertiary/aromatic N) is 2. The highest BCUT2D eigenvalue weighted by atomic mass is 35.5. The highest BCUT2D eigenvalue weighted by molar-refractivity contribution is 7.89. The molecule has 29 heavy (non-hydrogen) atoms. The molecule has 7 nitrogen and oxygen atoms in total. The van der Waals surface area contributed by atoms with E-state index in [2.05, 4.69) is 5.32 Å². The Bertz CT molecular complexity index is 1070. The molecule has 1 aliphatic heterocycles. The molecule has 1 atom stereocenters. The van der Waals surface area contributed by atoms with Crippen molar-refractivity contribution in [1.82, 2.24) is 4.31 Å². The van der Waals surface area contributed by atoms with Gasteiger partial charge in [-0.1, -0.05) is 17.7 Å². The minimum absolute atomic E-state index is 0.0262. The first-order valence-electron chi connectivity index (χ1n) is 9.04. The molecule has 2 aromatic rings. The van der Waals surface area contributed by atoms with E-state index in [1.165, 1.54) is 20.0 Å². The number of anilines is 2. The van der Waals surface area contributed by atoms with E-state index in [1.54, 1.807) is 41.3 Å². The van der Waals surface area contributed by atoms with Crippen molar-refractivity contribution in [2.24, 2.45) is 0 Å². The number of carbonyl (C=O) groups excluding carboxylic acids is 2. The van der Waals surface area contributed by atoms with Crippen LogP contribution in [0, 0.1) is 0 Å². The third-order valence-electron chi connectivity index (χ3n) is 4.79. The van der Waals surface area contributed by atoms with Gasteiger partial charge >= 0.3 is 0 Å². The van der Waals surface area contributed by atoms with Gasteiger partial charge in [-0.2, -0.15) is 4.31 Å². The molecule has 154 valence electrons. The van der Waals surface area contributed by atoms with E-state index in [-0.39, 0.29) is 23.4 Å². The number of carbonyl (C=O) groups is 2. The van der Waals surface area contributed by atoms with Crippen molar-refractivity contribution >= 4 is 44.8 Å². The minimum Gasteiger partial charge on any atom is -0.325 e. The van der Waals surface area contributed by atoms with Crippen molar-refractivity contribution in [2.45, 2.75) is 31.2 Å². The zero-order valence-corrected chi connectivity index (χ0v) is 17.9. The first kappa shape index (κ1) is 21.3. The minimum atomic E-state index is -3.87. The lowest BCUT2D eigenvalue weighted by atomic mass is 10.1. The van der Waals surface area contributed by atoms with Crippen molar-refractivity contribution in [3.05, 3.63) is 53.1 Å². The third kappa shape index (κ3) is 4.44. The van der Waals surface area contributed by atoms with E-state index >= 15 is 0 Å². The van der Waals surface area contributed by atoms with Crippen LogP contribution in [0.1, 0.15) is 19.4 Å². The number of hydrogen-bond acceptors (Lipinski definition) is 4. The SMILES string of the molecule is CC(=O)N1c2ccc(S(=O)(=O)N(C)CC(=O)Nc3cccc(Cl)c3)cc2C[C@@H]1C. The van der Waals surface area contributed by atoms with Gasteiger partial charge in [0.05, 0.1) is 11.4 Å². The van der Waals surface area contributed by atoms with Crippen LogP contribution in [0.2, 0.25) is 5.02 Å². The number of hydrogen-bond donors (Lipinski definition) is 1. The summed E-state index contributed by atoms with van der Waals surface area (Å²) in [6.07, 6.45) is 0.581. The van der Waals surface area contributed by atoms with Crippen molar-refractivity contribution in [3.63, 3.8) is 0 Å². The molecule has 2 aromatic carbocycles. The van der Waals surface area contributed by atoms with Crippen molar-refractivity contribution < 1.29 is 18.0 Å². The molecule has 0 aromatic heterocycles. The second kappa shape index (κ2) is 8.14. The lowest BCUT2D eigenvalue weighted by molar-refractivity contribution is -0.117. The van der Waals surface area contributed by atoms with Crippen LogP contribution in [0.25, 0.3) is 0 Å². The predicted octanol–water partition coefficient (Wildman–Crippen LogP) is 2.90. The Labute approximate surface area is 175 Å². The molecule has 0 saturated carbocycles. The van der Waals surface area contributed by atoms with Crippen LogP contribution in [0.4, 0.5) is 11.4 Å². The monoisotopic (exact) mass is 435 g/mol. The molecular formula is C20H22ClN3O4S. The highest BCUT2D eigenvalue weighted by Crippen LogP contribution is 2.34. The third-order valence-corrected chi connectivity index (χ3v) is 6.82. The largest absolute Gasteiger partial charge is 0.325 e. The van der Waals surface area contributed by atoms with Crippen LogP contribution in [-0.4, -0.2) is 44.2 Å². The Morgan fingerprint density at radius 2 is 1.97 bits per heavy atom. The number of halogens is 1. The summed E-state index contributed by atoms with van der Waals surface area (Å²) in [6.45, 7) is 3.06. The number of rotatable bonds is 5. The van der Waals surface area contributed by atoms with Gasteiger partial charge in [-0.05, 0) is 55.3 Å². The Morgan fingerprint density at radius 3 is 2.62 bits per heavy atom. The van der Waals surface area contributed by atoms with Crippen LogP contribution >= 0.6 is 11.6 Å². The van der Waals surface area contributed by atoms with Crippen LogP contribution < -0.4 is 10.2 Å². The quantitative estimate of drug-likeness (QED) is 0.782. The van der Waals surface area contributed by atoms with Gasteiger partial charge in [-0.25, -0.2) is 8.42 Å².